The van der Waals surface area contributed by atoms with E-state index in [4.69, 9.17) is 9.47 Å². The van der Waals surface area contributed by atoms with Crippen LogP contribution in [0.1, 0.15) is 30.4 Å². The number of aromatic amines is 1. The molecule has 2 N–H and O–H groups in total. The summed E-state index contributed by atoms with van der Waals surface area (Å²) in [6.07, 6.45) is 2.44. The van der Waals surface area contributed by atoms with Crippen LogP contribution >= 0.6 is 0 Å². The average Bonchev–Trinajstić information content (AvgIpc) is 3.26. The predicted molar refractivity (Wildman–Crippen MR) is 122 cm³/mol. The Bertz CT molecular complexity index is 1040. The first-order valence-corrected chi connectivity index (χ1v) is 11.0. The number of rotatable bonds is 7. The smallest absolute Gasteiger partial charge is 0.223 e. The van der Waals surface area contributed by atoms with E-state index < -0.39 is 0 Å². The van der Waals surface area contributed by atoms with E-state index in [0.717, 1.165) is 66.3 Å². The molecule has 0 saturated carbocycles. The zero-order valence-electron chi connectivity index (χ0n) is 18.6. The Labute approximate surface area is 183 Å². The van der Waals surface area contributed by atoms with Crippen molar-refractivity contribution in [3.8, 4) is 11.5 Å². The van der Waals surface area contributed by atoms with Crippen LogP contribution in [0.5, 0.6) is 11.5 Å². The lowest BCUT2D eigenvalue weighted by Crippen LogP contribution is -3.14. The van der Waals surface area contributed by atoms with Gasteiger partial charge in [-0.2, -0.15) is 0 Å². The van der Waals surface area contributed by atoms with E-state index in [1.54, 1.807) is 19.1 Å². The largest absolute Gasteiger partial charge is 0.497 e. The van der Waals surface area contributed by atoms with Gasteiger partial charge in [0.2, 0.25) is 5.91 Å². The van der Waals surface area contributed by atoms with Crippen molar-refractivity contribution in [1.29, 1.82) is 0 Å². The van der Waals surface area contributed by atoms with Crippen molar-refractivity contribution in [3.05, 3.63) is 59.8 Å². The van der Waals surface area contributed by atoms with E-state index >= 15 is 0 Å². The summed E-state index contributed by atoms with van der Waals surface area (Å²) in [5.41, 5.74) is 3.19. The molecular formula is C25H32N3O3+. The van der Waals surface area contributed by atoms with Crippen LogP contribution in [0.25, 0.3) is 10.9 Å². The van der Waals surface area contributed by atoms with Crippen molar-refractivity contribution in [2.45, 2.75) is 19.3 Å². The van der Waals surface area contributed by atoms with Gasteiger partial charge in [0, 0.05) is 41.1 Å². The van der Waals surface area contributed by atoms with Gasteiger partial charge in [0.25, 0.3) is 0 Å². The van der Waals surface area contributed by atoms with Gasteiger partial charge in [-0.3, -0.25) is 4.79 Å². The number of benzene rings is 2. The third kappa shape index (κ3) is 4.39. The van der Waals surface area contributed by atoms with Gasteiger partial charge in [-0.05, 0) is 24.6 Å². The number of methoxy groups -OCH3 is 2. The molecule has 2 aromatic carbocycles. The lowest BCUT2D eigenvalue weighted by Gasteiger charge is -2.32. The molecule has 0 bridgehead atoms. The minimum atomic E-state index is -0.110. The lowest BCUT2D eigenvalue weighted by molar-refractivity contribution is -0.902. The topological polar surface area (TPSA) is 59.0 Å². The highest BCUT2D eigenvalue weighted by molar-refractivity contribution is 5.86. The first-order valence-electron chi connectivity index (χ1n) is 11.0. The first kappa shape index (κ1) is 21.2. The number of nitrogens with one attached hydrogen (secondary N) is 2. The molecular weight excluding hydrogens is 390 g/mol. The fourth-order valence-corrected chi connectivity index (χ4v) is 4.61. The van der Waals surface area contributed by atoms with Gasteiger partial charge in [-0.15, -0.1) is 0 Å². The van der Waals surface area contributed by atoms with E-state index in [1.165, 1.54) is 0 Å². The molecule has 1 amide bonds. The zero-order chi connectivity index (χ0) is 21.8. The maximum Gasteiger partial charge on any atom is 0.223 e. The van der Waals surface area contributed by atoms with Gasteiger partial charge >= 0.3 is 0 Å². The Balaban J connectivity index is 1.69. The Morgan fingerprint density at radius 2 is 1.87 bits per heavy atom. The molecule has 164 valence electrons. The van der Waals surface area contributed by atoms with Crippen LogP contribution in [0.3, 0.4) is 0 Å². The van der Waals surface area contributed by atoms with E-state index in [2.05, 4.69) is 24.0 Å². The SMILES string of the molecule is CC[NH+]1CCN(C(=O)C[C@@H](c2ccc(OC)cc2OC)c2c[nH]c3ccccc23)CC1. The Kier molecular flexibility index (Phi) is 6.47. The summed E-state index contributed by atoms with van der Waals surface area (Å²) < 4.78 is 11.1. The minimum Gasteiger partial charge on any atom is -0.497 e. The molecule has 1 fully saturated rings. The van der Waals surface area contributed by atoms with E-state index in [-0.39, 0.29) is 11.8 Å². The molecule has 1 aromatic heterocycles. The molecule has 4 rings (SSSR count). The van der Waals surface area contributed by atoms with E-state index in [0.29, 0.717) is 6.42 Å². The number of quaternary nitrogens is 1. The Morgan fingerprint density at radius 1 is 1.10 bits per heavy atom. The van der Waals surface area contributed by atoms with Gasteiger partial charge in [-0.25, -0.2) is 0 Å². The lowest BCUT2D eigenvalue weighted by atomic mass is 9.87. The summed E-state index contributed by atoms with van der Waals surface area (Å²) in [5, 5.41) is 1.14. The number of fused-ring (bicyclic) bond motifs is 1. The number of piperazine rings is 1. The summed E-state index contributed by atoms with van der Waals surface area (Å²) in [7, 11) is 3.31. The van der Waals surface area contributed by atoms with Gasteiger partial charge in [0.15, 0.2) is 0 Å². The van der Waals surface area contributed by atoms with Crippen molar-refractivity contribution in [2.24, 2.45) is 0 Å². The highest BCUT2D eigenvalue weighted by atomic mass is 16.5. The van der Waals surface area contributed by atoms with Crippen molar-refractivity contribution >= 4 is 16.8 Å². The van der Waals surface area contributed by atoms with Gasteiger partial charge in [-0.1, -0.05) is 24.3 Å². The first-order chi connectivity index (χ1) is 15.1. The molecule has 1 atom stereocenters. The van der Waals surface area contributed by atoms with E-state index in [1.807, 2.05) is 41.4 Å². The Hall–Kier alpha value is -2.99. The zero-order valence-corrected chi connectivity index (χ0v) is 18.6. The summed E-state index contributed by atoms with van der Waals surface area (Å²) in [4.78, 5) is 20.3. The molecule has 0 spiro atoms. The van der Waals surface area contributed by atoms with Gasteiger partial charge < -0.3 is 24.3 Å². The Morgan fingerprint density at radius 3 is 2.58 bits per heavy atom. The molecule has 3 aromatic rings. The molecule has 0 unspecified atom stereocenters. The molecule has 1 aliphatic rings. The normalized spacial score (nSPS) is 15.8. The maximum atomic E-state index is 13.4. The van der Waals surface area contributed by atoms with Crippen molar-refractivity contribution in [3.63, 3.8) is 0 Å². The molecule has 6 nitrogen and oxygen atoms in total. The van der Waals surface area contributed by atoms with Crippen molar-refractivity contribution in [1.82, 2.24) is 9.88 Å². The second kappa shape index (κ2) is 9.43. The van der Waals surface area contributed by atoms with Crippen LogP contribution in [0.4, 0.5) is 0 Å². The van der Waals surface area contributed by atoms with Crippen molar-refractivity contribution in [2.75, 3.05) is 46.9 Å². The number of para-hydroxylation sites is 1. The van der Waals surface area contributed by atoms with Crippen LogP contribution in [-0.4, -0.2) is 62.7 Å². The summed E-state index contributed by atoms with van der Waals surface area (Å²) in [5.74, 6) is 1.57. The van der Waals surface area contributed by atoms with Crippen LogP contribution in [-0.2, 0) is 4.79 Å². The summed E-state index contributed by atoms with van der Waals surface area (Å²) in [6, 6.07) is 14.1. The van der Waals surface area contributed by atoms with Gasteiger partial charge in [0.1, 0.15) is 11.5 Å². The number of H-pyrrole nitrogens is 1. The number of carbonyl (C=O) groups is 1. The maximum absolute atomic E-state index is 13.4. The molecule has 2 heterocycles. The molecule has 6 heteroatoms. The molecule has 0 aliphatic carbocycles. The summed E-state index contributed by atoms with van der Waals surface area (Å²) in [6.45, 7) is 7.00. The number of nitrogens with zero attached hydrogens (tertiary/aromatic N) is 1. The summed E-state index contributed by atoms with van der Waals surface area (Å²) >= 11 is 0. The third-order valence-corrected chi connectivity index (χ3v) is 6.51. The molecule has 0 radical (unpaired) electrons. The number of hydrogen-bond acceptors (Lipinski definition) is 3. The van der Waals surface area contributed by atoms with Crippen LogP contribution < -0.4 is 14.4 Å². The van der Waals surface area contributed by atoms with Crippen molar-refractivity contribution < 1.29 is 19.2 Å². The second-order valence-corrected chi connectivity index (χ2v) is 8.14. The number of likely N-dealkylation sites (N-methyl/N-ethyl adjacent to an activating group) is 1. The fraction of sp³-hybridized carbons (Fsp3) is 0.400. The molecule has 1 aliphatic heterocycles. The minimum absolute atomic E-state index is 0.110. The average molecular weight is 423 g/mol. The van der Waals surface area contributed by atoms with Crippen LogP contribution in [0, 0.1) is 0 Å². The van der Waals surface area contributed by atoms with Crippen LogP contribution in [0.2, 0.25) is 0 Å². The highest BCUT2D eigenvalue weighted by Gasteiger charge is 2.29. The van der Waals surface area contributed by atoms with Gasteiger partial charge in [0.05, 0.1) is 46.9 Å². The number of ether oxygens (including phenoxy) is 2. The number of carbonyl (C=O) groups excluding carboxylic acids is 1. The number of hydrogen-bond donors (Lipinski definition) is 2. The number of amides is 1. The highest BCUT2D eigenvalue weighted by Crippen LogP contribution is 2.39. The standard InChI is InChI=1S/C25H31N3O3/c1-4-27-11-13-28(14-12-27)25(29)16-21(20-10-9-18(30-2)15-24(20)31-3)22-17-26-23-8-6-5-7-19(22)23/h5-10,15,17,21,26H,4,11-14,16H2,1-3H3/p+1/t21-/m0/s1. The fourth-order valence-electron chi connectivity index (χ4n) is 4.61. The molecule has 31 heavy (non-hydrogen) atoms. The monoisotopic (exact) mass is 422 g/mol. The van der Waals surface area contributed by atoms with E-state index in [9.17, 15) is 4.79 Å². The quantitative estimate of drug-likeness (QED) is 0.615. The third-order valence-electron chi connectivity index (χ3n) is 6.51. The second-order valence-electron chi connectivity index (χ2n) is 8.14. The number of aromatic nitrogens is 1. The predicted octanol–water partition coefficient (Wildman–Crippen LogP) is 2.45. The molecule has 1 saturated heterocycles. The van der Waals surface area contributed by atoms with Crippen LogP contribution in [0.15, 0.2) is 48.7 Å².